The minimum absolute atomic E-state index is 0.0161. The zero-order chi connectivity index (χ0) is 59.4. The second-order valence-corrected chi connectivity index (χ2v) is 32.8. The summed E-state index contributed by atoms with van der Waals surface area (Å²) < 4.78 is 33.1. The molecular weight excluding hydrogens is 1100 g/mol. The van der Waals surface area contributed by atoms with Crippen LogP contribution < -0.4 is 32.4 Å². The Morgan fingerprint density at radius 2 is 1.37 bits per heavy atom. The number of fused-ring (bicyclic) bond motifs is 4. The highest BCUT2D eigenvalue weighted by Gasteiger charge is 2.72. The molecule has 2 heterocycles. The summed E-state index contributed by atoms with van der Waals surface area (Å²) in [5, 5.41) is 16.3. The summed E-state index contributed by atoms with van der Waals surface area (Å²) in [6.45, 7) is 10.6. The minimum atomic E-state index is -0.785. The number of halogens is 3. The molecule has 12 saturated carbocycles. The van der Waals surface area contributed by atoms with Gasteiger partial charge in [0.05, 0.1) is 24.2 Å². The molecule has 86 heavy (non-hydrogen) atoms. The molecular formula is C73H100ClF2N7O3. The number of hydrogen-bond acceptors (Lipinski definition) is 7. The summed E-state index contributed by atoms with van der Waals surface area (Å²) in [7, 11) is 0. The number of rotatable bonds is 19. The van der Waals surface area contributed by atoms with Crippen LogP contribution >= 0.6 is 11.6 Å². The first-order chi connectivity index (χ1) is 41.4. The van der Waals surface area contributed by atoms with Gasteiger partial charge in [-0.25, -0.2) is 5.01 Å². The summed E-state index contributed by atoms with van der Waals surface area (Å²) in [4.78, 5) is 44.8. The molecule has 8 unspecified atom stereocenters. The van der Waals surface area contributed by atoms with Crippen molar-refractivity contribution < 1.29 is 23.2 Å². The first-order valence-corrected chi connectivity index (χ1v) is 34.7. The molecule has 3 amide bonds. The minimum Gasteiger partial charge on any atom is -0.353 e. The largest absolute Gasteiger partial charge is 0.353 e. The van der Waals surface area contributed by atoms with Crippen LogP contribution in [-0.2, 0) is 30.6 Å². The molecule has 14 fully saturated rings. The van der Waals surface area contributed by atoms with Crippen LogP contribution in [0.1, 0.15) is 197 Å². The molecule has 0 radical (unpaired) electrons. The summed E-state index contributed by atoms with van der Waals surface area (Å²) in [5.41, 5.74) is 11.2. The van der Waals surface area contributed by atoms with Gasteiger partial charge in [0.25, 0.3) is 0 Å². The fraction of sp³-hybridized carbons (Fsp3) is 0.712. The third-order valence-electron chi connectivity index (χ3n) is 26.5. The Bertz CT molecular complexity index is 3000. The average Bonchev–Trinajstić information content (AvgIpc) is 0.721. The normalized spacial score (nSPS) is 43.8. The summed E-state index contributed by atoms with van der Waals surface area (Å²) in [6.07, 6.45) is 29.4. The molecule has 0 aromatic heterocycles. The van der Waals surface area contributed by atoms with Crippen LogP contribution in [0.5, 0.6) is 0 Å². The first-order valence-electron chi connectivity index (χ1n) is 34.1. The summed E-state index contributed by atoms with van der Waals surface area (Å²) in [6, 6.07) is 20.9. The number of amides is 3. The van der Waals surface area contributed by atoms with Crippen molar-refractivity contribution in [2.75, 3.05) is 52.0 Å². The van der Waals surface area contributed by atoms with E-state index in [0.717, 1.165) is 160 Å². The van der Waals surface area contributed by atoms with Crippen molar-refractivity contribution in [3.8, 4) is 0 Å². The number of hydrazine groups is 1. The van der Waals surface area contributed by atoms with E-state index in [2.05, 4.69) is 111 Å². The molecule has 16 rings (SSSR count). The number of nitrogens with zero attached hydrogens (tertiary/aromatic N) is 1. The van der Waals surface area contributed by atoms with Gasteiger partial charge in [0, 0.05) is 73.5 Å². The van der Waals surface area contributed by atoms with Crippen LogP contribution in [0, 0.1) is 49.7 Å². The first kappa shape index (κ1) is 59.7. The number of nitrogens with one attached hydrogen (secondary N) is 5. The highest BCUT2D eigenvalue weighted by Crippen LogP contribution is 2.77. The zero-order valence-corrected chi connectivity index (χ0v) is 52.5. The average molecular weight is 1200 g/mol. The van der Waals surface area contributed by atoms with Crippen molar-refractivity contribution in [3.05, 3.63) is 107 Å². The Morgan fingerprint density at radius 3 is 2.09 bits per heavy atom. The highest BCUT2D eigenvalue weighted by atomic mass is 35.5. The molecule has 10 nitrogen and oxygen atoms in total. The van der Waals surface area contributed by atoms with Crippen LogP contribution in [0.3, 0.4) is 0 Å². The van der Waals surface area contributed by atoms with Gasteiger partial charge in [0.15, 0.2) is 0 Å². The lowest BCUT2D eigenvalue weighted by Gasteiger charge is -2.70. The van der Waals surface area contributed by atoms with Gasteiger partial charge in [0.1, 0.15) is 0 Å². The van der Waals surface area contributed by atoms with E-state index in [1.165, 1.54) is 22.3 Å². The van der Waals surface area contributed by atoms with Gasteiger partial charge >= 0.3 is 0 Å². The van der Waals surface area contributed by atoms with Gasteiger partial charge in [-0.15, -0.1) is 11.6 Å². The number of allylic oxidation sites excluding steroid dienone is 5. The predicted octanol–water partition coefficient (Wildman–Crippen LogP) is 12.3. The lowest BCUT2D eigenvalue weighted by atomic mass is 9.33. The smallest absolute Gasteiger partial charge is 0.240 e. The Labute approximate surface area is 517 Å². The van der Waals surface area contributed by atoms with Crippen molar-refractivity contribution in [1.29, 1.82) is 0 Å². The maximum atomic E-state index is 16.9. The molecule has 14 aliphatic rings. The van der Waals surface area contributed by atoms with E-state index in [-0.39, 0.29) is 64.8 Å². The van der Waals surface area contributed by atoms with E-state index in [0.29, 0.717) is 69.1 Å². The Hall–Kier alpha value is -3.94. The Morgan fingerprint density at radius 1 is 0.686 bits per heavy atom. The third-order valence-corrected chi connectivity index (χ3v) is 26.7. The van der Waals surface area contributed by atoms with Gasteiger partial charge in [0.2, 0.25) is 17.7 Å². The summed E-state index contributed by atoms with van der Waals surface area (Å²) in [5.74, 6) is 1.92. The van der Waals surface area contributed by atoms with E-state index >= 15 is 13.6 Å². The molecule has 12 aliphatic carbocycles. The van der Waals surface area contributed by atoms with Crippen molar-refractivity contribution >= 4 is 29.3 Å². The van der Waals surface area contributed by atoms with E-state index < -0.39 is 44.6 Å². The van der Waals surface area contributed by atoms with Crippen molar-refractivity contribution in [2.45, 2.75) is 221 Å². The second kappa shape index (κ2) is 22.2. The van der Waals surface area contributed by atoms with Crippen LogP contribution in [0.4, 0.5) is 8.78 Å². The predicted molar refractivity (Wildman–Crippen MR) is 338 cm³/mol. The number of benzene rings is 2. The molecule has 466 valence electrons. The van der Waals surface area contributed by atoms with E-state index in [9.17, 15) is 9.59 Å². The monoisotopic (exact) mass is 1200 g/mol. The number of piperazine rings is 1. The lowest BCUT2D eigenvalue weighted by molar-refractivity contribution is -0.180. The number of carbonyl (C=O) groups is 3. The van der Waals surface area contributed by atoms with Crippen LogP contribution in [0.25, 0.3) is 0 Å². The fourth-order valence-corrected chi connectivity index (χ4v) is 24.6. The van der Waals surface area contributed by atoms with Crippen molar-refractivity contribution in [3.63, 3.8) is 0 Å². The zero-order valence-electron chi connectivity index (χ0n) is 51.7. The Kier molecular flexibility index (Phi) is 15.4. The van der Waals surface area contributed by atoms with Gasteiger partial charge in [-0.05, 0) is 246 Å². The van der Waals surface area contributed by atoms with E-state index in [1.54, 1.807) is 0 Å². The van der Waals surface area contributed by atoms with Crippen LogP contribution in [-0.4, -0.2) is 98.9 Å². The van der Waals surface area contributed by atoms with Gasteiger partial charge < -0.3 is 27.0 Å². The molecule has 2 aromatic carbocycles. The highest BCUT2D eigenvalue weighted by molar-refractivity contribution is 6.17. The maximum absolute atomic E-state index is 16.9. The molecule has 12 bridgehead atoms. The van der Waals surface area contributed by atoms with Gasteiger partial charge in [-0.1, -0.05) is 85.8 Å². The number of alkyl halides is 3. The quantitative estimate of drug-likeness (QED) is 0.0608. The molecule has 2 saturated heterocycles. The standard InChI is InChI=1S/C73H100ClF2N7O3/c1-3-53(11-10-50(2)69-33-52-32-64(36-69,24-25-74)37-70(34-52,44-69)63(86)82-83-28-26-78-27-29-83)71-40-66(49-76)41-72(45-71,47-73(42-66,46-71)62(85)81-60-31-51-30-59(60)79-35-51)56-14-12-55(13-15-56)68(23-20-61(84)80-58-18-16-57(77)17-19-58)39-65(48-75)21-7-22-67(38-65,43-68)54-8-5-4-6-9-54/h3-6,8-15,51-52,57-60,78-79H,2,7,16-49,77H2,1H3,(H,80,84)(H,81,85)(H,82,86)/b11-10-,53-3+/t51?,52?,57?,58?,59?,60?,64-,65-,66+,67+,68?,69-,70?,71?,72+,73?/m1/s1. The van der Waals surface area contributed by atoms with E-state index in [1.807, 2.05) is 0 Å². The number of carbonyl (C=O) groups excluding carboxylic acids is 3. The molecule has 0 spiro atoms. The third kappa shape index (κ3) is 10.2. The lowest BCUT2D eigenvalue weighted by Crippen LogP contribution is -2.67. The number of nitrogens with two attached hydrogens (primary N) is 1. The topological polar surface area (TPSA) is 141 Å². The number of hydrogen-bond donors (Lipinski definition) is 6. The molecule has 2 aromatic rings. The van der Waals surface area contributed by atoms with Crippen LogP contribution in [0.15, 0.2) is 90.6 Å². The SMILES string of the molecule is C=C(/C=C\C(=C/C)C12CC3(C(=O)NC4CC5CNC4C5)C[C@](CF)(C1)C[C@@](c1ccc(C4(CCC(=O)NC5CCC(N)CC5)C[C@@]5(CF)CCC[C@@](c6ccccc6)(C4)C5)cc1)(C3)C2)[C@]12CC3CC(C(=O)NN4CCNCC4)(C[C@](CCCl)(C3)C1)C2. The Balaban J connectivity index is 0.814. The second-order valence-electron chi connectivity index (χ2n) is 32.5. The van der Waals surface area contributed by atoms with Crippen molar-refractivity contribution in [1.82, 2.24) is 31.7 Å². The van der Waals surface area contributed by atoms with Crippen LogP contribution in [0.2, 0.25) is 0 Å². The number of piperidine rings is 1. The van der Waals surface area contributed by atoms with Gasteiger partial charge in [-0.2, -0.15) is 0 Å². The van der Waals surface area contributed by atoms with Crippen molar-refractivity contribution in [2.24, 2.45) is 55.5 Å². The van der Waals surface area contributed by atoms with Gasteiger partial charge in [-0.3, -0.25) is 28.6 Å². The molecule has 7 N–H and O–H groups in total. The maximum Gasteiger partial charge on any atom is 0.240 e. The summed E-state index contributed by atoms with van der Waals surface area (Å²) >= 11 is 6.70. The molecule has 14 atom stereocenters. The molecule has 2 aliphatic heterocycles. The fourth-order valence-electron chi connectivity index (χ4n) is 24.2. The molecule has 13 heteroatoms. The van der Waals surface area contributed by atoms with E-state index in [4.69, 9.17) is 23.9 Å².